The Morgan fingerprint density at radius 1 is 1.00 bits per heavy atom. The van der Waals surface area contributed by atoms with Gasteiger partial charge in [0, 0.05) is 45.6 Å². The van der Waals surface area contributed by atoms with Crippen LogP contribution in [-0.4, -0.2) is 20.8 Å². The zero-order valence-corrected chi connectivity index (χ0v) is 22.1. The second-order valence-corrected chi connectivity index (χ2v) is 11.3. The molecule has 3 aromatic carbocycles. The quantitative estimate of drug-likeness (QED) is 0.257. The van der Waals surface area contributed by atoms with E-state index in [2.05, 4.69) is 70.0 Å². The summed E-state index contributed by atoms with van der Waals surface area (Å²) in [5, 5.41) is 4.08. The SMILES string of the molecule is CC[S+]([O-])c1ccc(CNC(=O)c2ccc3c(c2)cc(Cc2ccc(Br)cc2)n3C(C)C)cc1. The van der Waals surface area contributed by atoms with Crippen molar-refractivity contribution in [1.29, 1.82) is 0 Å². The van der Waals surface area contributed by atoms with Crippen LogP contribution in [0, 0.1) is 0 Å². The third kappa shape index (κ3) is 5.57. The fourth-order valence-corrected chi connectivity index (χ4v) is 5.24. The van der Waals surface area contributed by atoms with E-state index >= 15 is 0 Å². The van der Waals surface area contributed by atoms with E-state index in [-0.39, 0.29) is 5.91 Å². The van der Waals surface area contributed by atoms with Crippen molar-refractivity contribution < 1.29 is 9.35 Å². The number of amides is 1. The molecule has 176 valence electrons. The number of carbonyl (C=O) groups is 1. The third-order valence-electron chi connectivity index (χ3n) is 5.90. The minimum absolute atomic E-state index is 0.102. The van der Waals surface area contributed by atoms with E-state index in [0.717, 1.165) is 32.3 Å². The van der Waals surface area contributed by atoms with Gasteiger partial charge >= 0.3 is 0 Å². The van der Waals surface area contributed by atoms with E-state index in [1.165, 1.54) is 11.3 Å². The van der Waals surface area contributed by atoms with Crippen LogP contribution in [-0.2, 0) is 24.1 Å². The molecular formula is C28H29BrN2O2S. The number of fused-ring (bicyclic) bond motifs is 1. The second-order valence-electron chi connectivity index (χ2n) is 8.64. The number of benzene rings is 3. The molecule has 1 amide bonds. The van der Waals surface area contributed by atoms with Gasteiger partial charge in [0.25, 0.3) is 5.91 Å². The van der Waals surface area contributed by atoms with Crippen LogP contribution < -0.4 is 5.32 Å². The third-order valence-corrected chi connectivity index (χ3v) is 7.75. The van der Waals surface area contributed by atoms with Crippen LogP contribution in [0.2, 0.25) is 0 Å². The molecule has 0 bridgehead atoms. The Balaban J connectivity index is 1.52. The van der Waals surface area contributed by atoms with Crippen LogP contribution >= 0.6 is 15.9 Å². The molecule has 1 atom stereocenters. The normalized spacial score (nSPS) is 12.3. The van der Waals surface area contributed by atoms with Crippen LogP contribution in [0.1, 0.15) is 54.0 Å². The Morgan fingerprint density at radius 3 is 2.32 bits per heavy atom. The zero-order chi connectivity index (χ0) is 24.2. The molecule has 34 heavy (non-hydrogen) atoms. The summed E-state index contributed by atoms with van der Waals surface area (Å²) in [6.45, 7) is 6.71. The molecule has 0 radical (unpaired) electrons. The largest absolute Gasteiger partial charge is 0.611 e. The number of nitrogens with zero attached hydrogens (tertiary/aromatic N) is 1. The maximum atomic E-state index is 12.9. The summed E-state index contributed by atoms with van der Waals surface area (Å²) in [6.07, 6.45) is 0.834. The van der Waals surface area contributed by atoms with Crippen LogP contribution in [0.3, 0.4) is 0 Å². The van der Waals surface area contributed by atoms with E-state index < -0.39 is 11.2 Å². The van der Waals surface area contributed by atoms with E-state index in [9.17, 15) is 9.35 Å². The highest BCUT2D eigenvalue weighted by Crippen LogP contribution is 2.27. The maximum Gasteiger partial charge on any atom is 0.251 e. The maximum absolute atomic E-state index is 12.9. The number of hydrogen-bond acceptors (Lipinski definition) is 2. The Bertz CT molecular complexity index is 1280. The van der Waals surface area contributed by atoms with Crippen molar-refractivity contribution in [2.45, 2.75) is 44.7 Å². The molecule has 4 rings (SSSR count). The lowest BCUT2D eigenvalue weighted by Crippen LogP contribution is -2.22. The molecule has 1 N–H and O–H groups in total. The number of nitrogens with one attached hydrogen (secondary N) is 1. The van der Waals surface area contributed by atoms with E-state index in [0.29, 0.717) is 23.9 Å². The van der Waals surface area contributed by atoms with Gasteiger partial charge in [0.1, 0.15) is 5.75 Å². The molecule has 0 saturated heterocycles. The highest BCUT2D eigenvalue weighted by molar-refractivity contribution is 9.10. The van der Waals surface area contributed by atoms with Gasteiger partial charge < -0.3 is 14.4 Å². The molecule has 1 unspecified atom stereocenters. The summed E-state index contributed by atoms with van der Waals surface area (Å²) >= 11 is 2.54. The van der Waals surface area contributed by atoms with Crippen molar-refractivity contribution >= 4 is 43.9 Å². The molecule has 0 saturated carbocycles. The van der Waals surface area contributed by atoms with Crippen molar-refractivity contribution in [2.75, 3.05) is 5.75 Å². The highest BCUT2D eigenvalue weighted by Gasteiger charge is 2.15. The van der Waals surface area contributed by atoms with Crippen LogP contribution in [0.5, 0.6) is 0 Å². The van der Waals surface area contributed by atoms with Gasteiger partial charge in [0.05, 0.1) is 0 Å². The smallest absolute Gasteiger partial charge is 0.251 e. The molecule has 1 heterocycles. The molecule has 4 aromatic rings. The van der Waals surface area contributed by atoms with Crippen molar-refractivity contribution in [3.8, 4) is 0 Å². The molecule has 0 aliphatic rings. The zero-order valence-electron chi connectivity index (χ0n) is 19.7. The summed E-state index contributed by atoms with van der Waals surface area (Å²) in [6, 6.07) is 24.4. The van der Waals surface area contributed by atoms with Gasteiger partial charge in [-0.05, 0) is 91.6 Å². The van der Waals surface area contributed by atoms with E-state index in [4.69, 9.17) is 0 Å². The van der Waals surface area contributed by atoms with Gasteiger partial charge in [-0.1, -0.05) is 40.2 Å². The lowest BCUT2D eigenvalue weighted by Gasteiger charge is -2.15. The predicted molar refractivity (Wildman–Crippen MR) is 144 cm³/mol. The van der Waals surface area contributed by atoms with Crippen molar-refractivity contribution in [2.24, 2.45) is 0 Å². The monoisotopic (exact) mass is 536 g/mol. The Morgan fingerprint density at radius 2 is 1.68 bits per heavy atom. The standard InChI is InChI=1S/C28H29BrN2O2S/c1-4-34(33)26-12-7-21(8-13-26)18-30-28(32)22-9-14-27-23(16-22)17-25(31(27)19(2)3)15-20-5-10-24(29)11-6-20/h5-14,16-17,19H,4,15,18H2,1-3H3,(H,30,32). The predicted octanol–water partition coefficient (Wildman–Crippen LogP) is 6.63. The van der Waals surface area contributed by atoms with Crippen molar-refractivity contribution in [3.05, 3.63) is 99.7 Å². The minimum atomic E-state index is -0.964. The molecule has 1 aromatic heterocycles. The van der Waals surface area contributed by atoms with Gasteiger partial charge in [-0.3, -0.25) is 4.79 Å². The first kappa shape index (κ1) is 24.6. The van der Waals surface area contributed by atoms with Crippen LogP contribution in [0.25, 0.3) is 10.9 Å². The molecule has 4 nitrogen and oxygen atoms in total. The summed E-state index contributed by atoms with van der Waals surface area (Å²) in [4.78, 5) is 13.7. The number of rotatable bonds is 8. The summed E-state index contributed by atoms with van der Waals surface area (Å²) < 4.78 is 15.3. The average molecular weight is 538 g/mol. The van der Waals surface area contributed by atoms with Crippen molar-refractivity contribution in [1.82, 2.24) is 9.88 Å². The topological polar surface area (TPSA) is 57.1 Å². The Hall–Kier alpha value is -2.54. The van der Waals surface area contributed by atoms with Gasteiger partial charge in [-0.15, -0.1) is 0 Å². The van der Waals surface area contributed by atoms with Gasteiger partial charge in [0.15, 0.2) is 4.90 Å². The highest BCUT2D eigenvalue weighted by atomic mass is 79.9. The number of carbonyl (C=O) groups excluding carboxylic acids is 1. The number of aromatic nitrogens is 1. The molecule has 0 aliphatic carbocycles. The van der Waals surface area contributed by atoms with Gasteiger partial charge in [-0.2, -0.15) is 0 Å². The molecule has 6 heteroatoms. The fourth-order valence-electron chi connectivity index (χ4n) is 4.20. The first-order chi connectivity index (χ1) is 16.4. The molecule has 0 fully saturated rings. The lowest BCUT2D eigenvalue weighted by molar-refractivity contribution is 0.0951. The number of halogens is 1. The molecule has 0 spiro atoms. The number of hydrogen-bond donors (Lipinski definition) is 1. The fraction of sp³-hybridized carbons (Fsp3) is 0.250. The first-order valence-corrected chi connectivity index (χ1v) is 13.6. The Kier molecular flexibility index (Phi) is 7.81. The minimum Gasteiger partial charge on any atom is -0.611 e. The van der Waals surface area contributed by atoms with Gasteiger partial charge in [-0.25, -0.2) is 0 Å². The summed E-state index contributed by atoms with van der Waals surface area (Å²) in [5.74, 6) is 0.497. The second kappa shape index (κ2) is 10.8. The van der Waals surface area contributed by atoms with Crippen molar-refractivity contribution in [3.63, 3.8) is 0 Å². The van der Waals surface area contributed by atoms with Crippen LogP contribution in [0.15, 0.2) is 82.2 Å². The van der Waals surface area contributed by atoms with E-state index in [1.54, 1.807) is 0 Å². The summed E-state index contributed by atoms with van der Waals surface area (Å²) in [5.41, 5.74) is 5.24. The summed E-state index contributed by atoms with van der Waals surface area (Å²) in [7, 11) is 0. The Labute approximate surface area is 212 Å². The first-order valence-electron chi connectivity index (χ1n) is 11.5. The molecular weight excluding hydrogens is 508 g/mol. The average Bonchev–Trinajstić information content (AvgIpc) is 3.21. The lowest BCUT2D eigenvalue weighted by atomic mass is 10.1. The molecule has 0 aliphatic heterocycles. The van der Waals surface area contributed by atoms with Gasteiger partial charge in [0.2, 0.25) is 0 Å². The van der Waals surface area contributed by atoms with E-state index in [1.807, 2.05) is 49.4 Å². The van der Waals surface area contributed by atoms with Crippen LogP contribution in [0.4, 0.5) is 0 Å².